The minimum absolute atomic E-state index is 0.202. The number of nitrogens with one attached hydrogen (secondary N) is 2. The Labute approximate surface area is 186 Å². The molecule has 0 unspecified atom stereocenters. The Kier molecular flexibility index (Phi) is 5.98. The summed E-state index contributed by atoms with van der Waals surface area (Å²) < 4.78 is 3.64. The van der Waals surface area contributed by atoms with Gasteiger partial charge in [0.05, 0.1) is 6.21 Å². The maximum atomic E-state index is 12.5. The number of aromatic nitrogens is 2. The number of hydrazone groups is 1. The molecule has 160 valence electrons. The standard InChI is InChI=1S/C25H23N5O2/c1-18-15-22(19(2)30(18)28-25(32)20-9-4-3-5-10-20)17-26-27-24(31)21-11-8-12-23(16-21)29-13-6-7-14-29/h3-17H,1-2H3,(H,27,31)(H,28,32)/b26-17+. The van der Waals surface area contributed by atoms with Crippen molar-refractivity contribution in [2.75, 3.05) is 5.43 Å². The van der Waals surface area contributed by atoms with Crippen LogP contribution < -0.4 is 10.9 Å². The third-order valence-corrected chi connectivity index (χ3v) is 5.10. The molecule has 2 aromatic carbocycles. The number of hydrogen-bond donors (Lipinski definition) is 2. The van der Waals surface area contributed by atoms with Crippen LogP contribution >= 0.6 is 0 Å². The van der Waals surface area contributed by atoms with Crippen molar-refractivity contribution in [2.24, 2.45) is 5.10 Å². The van der Waals surface area contributed by atoms with E-state index in [1.54, 1.807) is 35.2 Å². The second-order valence-corrected chi connectivity index (χ2v) is 7.31. The fourth-order valence-electron chi connectivity index (χ4n) is 3.39. The number of carbonyl (C=O) groups is 2. The van der Waals surface area contributed by atoms with Gasteiger partial charge < -0.3 is 4.57 Å². The van der Waals surface area contributed by atoms with Crippen molar-refractivity contribution >= 4 is 18.0 Å². The second kappa shape index (κ2) is 9.18. The predicted octanol–water partition coefficient (Wildman–Crippen LogP) is 4.04. The summed E-state index contributed by atoms with van der Waals surface area (Å²) in [4.78, 5) is 25.0. The molecule has 7 nitrogen and oxygen atoms in total. The van der Waals surface area contributed by atoms with Crippen LogP contribution in [0.3, 0.4) is 0 Å². The smallest absolute Gasteiger partial charge is 0.271 e. The Hall–Kier alpha value is -4.39. The molecule has 2 N–H and O–H groups in total. The molecule has 2 heterocycles. The van der Waals surface area contributed by atoms with Crippen LogP contribution in [0.15, 0.2) is 90.3 Å². The number of rotatable bonds is 6. The van der Waals surface area contributed by atoms with Crippen LogP contribution in [0.1, 0.15) is 37.7 Å². The summed E-state index contributed by atoms with van der Waals surface area (Å²) in [5.41, 5.74) is 9.87. The molecule has 0 spiro atoms. The largest absolute Gasteiger partial charge is 0.324 e. The van der Waals surface area contributed by atoms with Gasteiger partial charge in [-0.05, 0) is 62.4 Å². The van der Waals surface area contributed by atoms with Crippen LogP contribution in [-0.2, 0) is 0 Å². The molecule has 4 rings (SSSR count). The topological polar surface area (TPSA) is 80.4 Å². The number of hydrogen-bond acceptors (Lipinski definition) is 3. The van der Waals surface area contributed by atoms with Gasteiger partial charge in [0.2, 0.25) is 0 Å². The van der Waals surface area contributed by atoms with Crippen LogP contribution in [0.25, 0.3) is 5.69 Å². The highest BCUT2D eigenvalue weighted by Crippen LogP contribution is 2.13. The lowest BCUT2D eigenvalue weighted by atomic mass is 10.2. The Morgan fingerprint density at radius 1 is 0.844 bits per heavy atom. The molecular weight excluding hydrogens is 402 g/mol. The van der Waals surface area contributed by atoms with Crippen molar-refractivity contribution in [1.29, 1.82) is 0 Å². The fourth-order valence-corrected chi connectivity index (χ4v) is 3.39. The van der Waals surface area contributed by atoms with Gasteiger partial charge in [0.25, 0.3) is 11.8 Å². The van der Waals surface area contributed by atoms with E-state index in [4.69, 9.17) is 0 Å². The molecule has 0 atom stereocenters. The monoisotopic (exact) mass is 425 g/mol. The van der Waals surface area contributed by atoms with Gasteiger partial charge in [-0.2, -0.15) is 5.10 Å². The van der Waals surface area contributed by atoms with Crippen LogP contribution in [0.4, 0.5) is 0 Å². The fraction of sp³-hybridized carbons (Fsp3) is 0.0800. The quantitative estimate of drug-likeness (QED) is 0.361. The first-order valence-corrected chi connectivity index (χ1v) is 10.1. The van der Waals surface area contributed by atoms with E-state index in [1.807, 2.05) is 79.3 Å². The molecule has 0 saturated heterocycles. The minimum atomic E-state index is -0.304. The average molecular weight is 425 g/mol. The lowest BCUT2D eigenvalue weighted by molar-refractivity contribution is 0.0954. The van der Waals surface area contributed by atoms with E-state index in [2.05, 4.69) is 16.0 Å². The van der Waals surface area contributed by atoms with Gasteiger partial charge in [-0.15, -0.1) is 0 Å². The van der Waals surface area contributed by atoms with Crippen LogP contribution in [-0.4, -0.2) is 27.3 Å². The van der Waals surface area contributed by atoms with Crippen molar-refractivity contribution in [3.05, 3.63) is 113 Å². The molecular formula is C25H23N5O2. The van der Waals surface area contributed by atoms with Gasteiger partial charge in [0.15, 0.2) is 0 Å². The van der Waals surface area contributed by atoms with Gasteiger partial charge in [-0.3, -0.25) is 19.7 Å². The van der Waals surface area contributed by atoms with Crippen LogP contribution in [0.2, 0.25) is 0 Å². The molecule has 2 amide bonds. The van der Waals surface area contributed by atoms with Gasteiger partial charge in [0.1, 0.15) is 0 Å². The van der Waals surface area contributed by atoms with Gasteiger partial charge in [-0.1, -0.05) is 24.3 Å². The third-order valence-electron chi connectivity index (χ3n) is 5.10. The number of aryl methyl sites for hydroxylation is 1. The zero-order valence-corrected chi connectivity index (χ0v) is 17.8. The SMILES string of the molecule is Cc1cc(/C=N/NC(=O)c2cccc(-n3cccc3)c2)c(C)n1NC(=O)c1ccccc1. The zero-order valence-electron chi connectivity index (χ0n) is 17.8. The summed E-state index contributed by atoms with van der Waals surface area (Å²) in [5.74, 6) is -0.506. The normalized spacial score (nSPS) is 10.9. The van der Waals surface area contributed by atoms with E-state index in [-0.39, 0.29) is 11.8 Å². The molecule has 4 aromatic rings. The molecule has 0 aliphatic heterocycles. The molecule has 2 aromatic heterocycles. The molecule has 0 fully saturated rings. The van der Waals surface area contributed by atoms with Crippen LogP contribution in [0, 0.1) is 13.8 Å². The van der Waals surface area contributed by atoms with Gasteiger partial charge in [-0.25, -0.2) is 5.43 Å². The molecule has 32 heavy (non-hydrogen) atoms. The van der Waals surface area contributed by atoms with E-state index in [0.29, 0.717) is 11.1 Å². The van der Waals surface area contributed by atoms with Crippen molar-refractivity contribution < 1.29 is 9.59 Å². The molecule has 0 bridgehead atoms. The summed E-state index contributed by atoms with van der Waals surface area (Å²) in [6.07, 6.45) is 5.41. The second-order valence-electron chi connectivity index (χ2n) is 7.31. The third kappa shape index (κ3) is 4.52. The molecule has 0 radical (unpaired) electrons. The maximum absolute atomic E-state index is 12.5. The highest BCUT2D eigenvalue weighted by molar-refractivity contribution is 6.00. The Morgan fingerprint density at radius 3 is 2.31 bits per heavy atom. The molecule has 0 aliphatic carbocycles. The van der Waals surface area contributed by atoms with E-state index in [1.165, 1.54) is 0 Å². The first kappa shape index (κ1) is 20.9. The summed E-state index contributed by atoms with van der Waals surface area (Å²) in [5, 5.41) is 4.11. The van der Waals surface area contributed by atoms with Gasteiger partial charge in [0, 0.05) is 46.2 Å². The van der Waals surface area contributed by atoms with Crippen molar-refractivity contribution in [3.63, 3.8) is 0 Å². The zero-order chi connectivity index (χ0) is 22.5. The number of benzene rings is 2. The van der Waals surface area contributed by atoms with E-state index in [0.717, 1.165) is 22.6 Å². The van der Waals surface area contributed by atoms with Crippen LogP contribution in [0.5, 0.6) is 0 Å². The van der Waals surface area contributed by atoms with Crippen molar-refractivity contribution in [2.45, 2.75) is 13.8 Å². The summed E-state index contributed by atoms with van der Waals surface area (Å²) >= 11 is 0. The summed E-state index contributed by atoms with van der Waals surface area (Å²) in [6.45, 7) is 3.77. The molecule has 0 saturated carbocycles. The summed E-state index contributed by atoms with van der Waals surface area (Å²) in [7, 11) is 0. The average Bonchev–Trinajstić information content (AvgIpc) is 3.44. The minimum Gasteiger partial charge on any atom is -0.324 e. The van der Waals surface area contributed by atoms with Crippen molar-refractivity contribution in [3.8, 4) is 5.69 Å². The predicted molar refractivity (Wildman–Crippen MR) is 125 cm³/mol. The number of carbonyl (C=O) groups excluding carboxylic acids is 2. The lowest BCUT2D eigenvalue weighted by Crippen LogP contribution is -2.24. The highest BCUT2D eigenvalue weighted by Gasteiger charge is 2.12. The molecule has 7 heteroatoms. The first-order chi connectivity index (χ1) is 15.5. The summed E-state index contributed by atoms with van der Waals surface area (Å²) in [6, 6.07) is 22.1. The number of nitrogens with zero attached hydrogens (tertiary/aromatic N) is 3. The van der Waals surface area contributed by atoms with E-state index >= 15 is 0 Å². The lowest BCUT2D eigenvalue weighted by Gasteiger charge is -2.11. The van der Waals surface area contributed by atoms with E-state index in [9.17, 15) is 9.59 Å². The number of amides is 2. The Balaban J connectivity index is 1.44. The Bertz CT molecular complexity index is 1270. The molecule has 0 aliphatic rings. The van der Waals surface area contributed by atoms with Gasteiger partial charge >= 0.3 is 0 Å². The Morgan fingerprint density at radius 2 is 1.56 bits per heavy atom. The van der Waals surface area contributed by atoms with E-state index < -0.39 is 0 Å². The first-order valence-electron chi connectivity index (χ1n) is 10.1. The maximum Gasteiger partial charge on any atom is 0.271 e. The van der Waals surface area contributed by atoms with Crippen molar-refractivity contribution in [1.82, 2.24) is 14.7 Å². The highest BCUT2D eigenvalue weighted by atomic mass is 16.2.